The average Bonchev–Trinajstić information content (AvgIpc) is 2.40. The molecule has 0 radical (unpaired) electrons. The smallest absolute Gasteiger partial charge is 0.154 e. The van der Waals surface area contributed by atoms with Crippen LogP contribution in [0.25, 0.3) is 0 Å². The second-order valence-electron chi connectivity index (χ2n) is 4.61. The van der Waals surface area contributed by atoms with E-state index < -0.39 is 0 Å². The molecule has 0 saturated heterocycles. The zero-order chi connectivity index (χ0) is 13.0. The topological polar surface area (TPSA) is 20.2 Å². The third-order valence-corrected chi connectivity index (χ3v) is 5.18. The van der Waals surface area contributed by atoms with Gasteiger partial charge in [-0.15, -0.1) is 0 Å². The van der Waals surface area contributed by atoms with Crippen LogP contribution < -0.4 is 0 Å². The lowest BCUT2D eigenvalue weighted by Gasteiger charge is -2.11. The molecule has 0 aromatic heterocycles. The molecule has 2 aromatic carbocycles. The summed E-state index contributed by atoms with van der Waals surface area (Å²) in [5, 5.41) is 9.30. The highest BCUT2D eigenvalue weighted by atomic mass is 32.2. The molecule has 2 heteroatoms. The predicted molar refractivity (Wildman–Crippen MR) is 79.4 cm³/mol. The molecule has 0 amide bonds. The van der Waals surface area contributed by atoms with Crippen LogP contribution in [0, 0.1) is 0 Å². The van der Waals surface area contributed by atoms with Gasteiger partial charge in [0.2, 0.25) is 0 Å². The number of hydrogen-bond donors (Lipinski definition) is 1. The summed E-state index contributed by atoms with van der Waals surface area (Å²) in [6.45, 7) is 2.25. The van der Waals surface area contributed by atoms with E-state index in [9.17, 15) is 5.11 Å². The van der Waals surface area contributed by atoms with Gasteiger partial charge in [-0.2, -0.15) is 0 Å². The van der Waals surface area contributed by atoms with Crippen LogP contribution in [0.1, 0.15) is 18.4 Å². The Morgan fingerprint density at radius 1 is 1.00 bits per heavy atom. The first kappa shape index (κ1) is 13.0. The molecular weight excluding hydrogens is 240 g/mol. The molecule has 18 heavy (non-hydrogen) atoms. The summed E-state index contributed by atoms with van der Waals surface area (Å²) in [6.07, 6.45) is 2.30. The summed E-state index contributed by atoms with van der Waals surface area (Å²) in [5.41, 5.74) is 1.29. The number of rotatable bonds is 4. The Morgan fingerprint density at radius 2 is 1.61 bits per heavy atom. The Morgan fingerprint density at radius 3 is 2.22 bits per heavy atom. The van der Waals surface area contributed by atoms with E-state index in [0.717, 1.165) is 5.75 Å². The minimum absolute atomic E-state index is 0.268. The van der Waals surface area contributed by atoms with Crippen LogP contribution >= 0.6 is 0 Å². The second kappa shape index (κ2) is 5.96. The number of aromatic hydroxyl groups is 1. The molecule has 2 atom stereocenters. The Kier molecular flexibility index (Phi) is 4.32. The number of hydrogen-bond acceptors (Lipinski definition) is 1. The first-order valence-corrected chi connectivity index (χ1v) is 7.93. The summed E-state index contributed by atoms with van der Waals surface area (Å²) in [5.74, 6) is 2.00. The molecule has 0 spiro atoms. The third kappa shape index (κ3) is 3.30. The maximum atomic E-state index is 9.30. The van der Waals surface area contributed by atoms with Crippen LogP contribution in [0.15, 0.2) is 59.5 Å². The molecule has 0 heterocycles. The van der Waals surface area contributed by atoms with E-state index in [-0.39, 0.29) is 10.9 Å². The van der Waals surface area contributed by atoms with Crippen molar-refractivity contribution in [3.63, 3.8) is 0 Å². The molecule has 0 aliphatic rings. The molecule has 2 aromatic rings. The van der Waals surface area contributed by atoms with Crippen molar-refractivity contribution in [3.05, 3.63) is 60.2 Å². The van der Waals surface area contributed by atoms with Crippen molar-refractivity contribution >= 4 is 10.9 Å². The van der Waals surface area contributed by atoms with Gasteiger partial charge in [0.25, 0.3) is 0 Å². The molecular formula is C16H19OS+. The normalized spacial score (nSPS) is 14.1. The van der Waals surface area contributed by atoms with Crippen molar-refractivity contribution in [3.8, 4) is 5.75 Å². The lowest BCUT2D eigenvalue weighted by molar-refractivity contribution is 0.475. The zero-order valence-corrected chi connectivity index (χ0v) is 11.7. The molecule has 1 N–H and O–H groups in total. The highest BCUT2D eigenvalue weighted by Gasteiger charge is 2.20. The van der Waals surface area contributed by atoms with Crippen molar-refractivity contribution in [2.45, 2.75) is 17.7 Å². The molecule has 0 aliphatic carbocycles. The lowest BCUT2D eigenvalue weighted by Crippen LogP contribution is -2.11. The van der Waals surface area contributed by atoms with E-state index >= 15 is 0 Å². The fourth-order valence-electron chi connectivity index (χ4n) is 2.02. The fourth-order valence-corrected chi connectivity index (χ4v) is 3.78. The molecule has 0 fully saturated rings. The van der Waals surface area contributed by atoms with Gasteiger partial charge in [0.1, 0.15) is 17.8 Å². The lowest BCUT2D eigenvalue weighted by atomic mass is 10.0. The maximum absolute atomic E-state index is 9.30. The van der Waals surface area contributed by atoms with E-state index in [4.69, 9.17) is 0 Å². The molecule has 0 bridgehead atoms. The van der Waals surface area contributed by atoms with Crippen molar-refractivity contribution in [2.75, 3.05) is 12.0 Å². The van der Waals surface area contributed by atoms with Crippen LogP contribution in [0.4, 0.5) is 0 Å². The summed E-state index contributed by atoms with van der Waals surface area (Å²) in [4.78, 5) is 1.42. The Balaban J connectivity index is 2.03. The van der Waals surface area contributed by atoms with Crippen molar-refractivity contribution in [2.24, 2.45) is 0 Å². The van der Waals surface area contributed by atoms with Crippen molar-refractivity contribution in [1.29, 1.82) is 0 Å². The average molecular weight is 259 g/mol. The Hall–Kier alpha value is -1.41. The Bertz CT molecular complexity index is 478. The largest absolute Gasteiger partial charge is 0.508 e. The minimum atomic E-state index is 0.268. The van der Waals surface area contributed by atoms with Crippen LogP contribution in [0.2, 0.25) is 0 Å². The summed E-state index contributed by atoms with van der Waals surface area (Å²) in [6, 6.07) is 18.2. The van der Waals surface area contributed by atoms with Crippen LogP contribution in [0.3, 0.4) is 0 Å². The number of phenolic OH excluding ortho intramolecular Hbond substituents is 1. The predicted octanol–water partition coefficient (Wildman–Crippen LogP) is 3.80. The molecule has 2 rings (SSSR count). The van der Waals surface area contributed by atoms with Gasteiger partial charge in [-0.25, -0.2) is 0 Å². The summed E-state index contributed by atoms with van der Waals surface area (Å²) >= 11 is 0. The molecule has 0 aliphatic heterocycles. The SMILES string of the molecule is CC(C[S+](C)c1ccccc1)c1ccc(O)cc1. The molecule has 2 unspecified atom stereocenters. The third-order valence-electron chi connectivity index (χ3n) is 3.11. The van der Waals surface area contributed by atoms with Crippen molar-refractivity contribution in [1.82, 2.24) is 0 Å². The number of phenols is 1. The standard InChI is InChI=1S/C16H18OS/c1-13(14-8-10-15(17)11-9-14)12-18(2)16-6-4-3-5-7-16/h3-11,13H,12H2,1-2H3/p+1. The molecule has 1 nitrogen and oxygen atoms in total. The molecule has 94 valence electrons. The number of benzene rings is 2. The minimum Gasteiger partial charge on any atom is -0.508 e. The highest BCUT2D eigenvalue weighted by Crippen LogP contribution is 2.23. The van der Waals surface area contributed by atoms with Crippen molar-refractivity contribution < 1.29 is 5.11 Å². The van der Waals surface area contributed by atoms with E-state index in [1.165, 1.54) is 10.5 Å². The monoisotopic (exact) mass is 259 g/mol. The van der Waals surface area contributed by atoms with Gasteiger partial charge in [-0.3, -0.25) is 0 Å². The van der Waals surface area contributed by atoms with Gasteiger partial charge in [-0.05, 0) is 29.8 Å². The first-order valence-electron chi connectivity index (χ1n) is 6.13. The van der Waals surface area contributed by atoms with E-state index in [1.807, 2.05) is 12.1 Å². The van der Waals surface area contributed by atoms with Gasteiger partial charge < -0.3 is 5.11 Å². The quantitative estimate of drug-likeness (QED) is 0.828. The van der Waals surface area contributed by atoms with Gasteiger partial charge in [0.15, 0.2) is 4.90 Å². The molecule has 0 saturated carbocycles. The zero-order valence-electron chi connectivity index (χ0n) is 10.8. The summed E-state index contributed by atoms with van der Waals surface area (Å²) < 4.78 is 0. The van der Waals surface area contributed by atoms with Gasteiger partial charge in [0.05, 0.1) is 0 Å². The van der Waals surface area contributed by atoms with E-state index in [0.29, 0.717) is 11.7 Å². The van der Waals surface area contributed by atoms with E-state index in [1.54, 1.807) is 12.1 Å². The van der Waals surface area contributed by atoms with Gasteiger partial charge in [-0.1, -0.05) is 37.3 Å². The van der Waals surface area contributed by atoms with E-state index in [2.05, 4.69) is 43.5 Å². The fraction of sp³-hybridized carbons (Fsp3) is 0.250. The van der Waals surface area contributed by atoms with Crippen LogP contribution in [-0.2, 0) is 10.9 Å². The second-order valence-corrected chi connectivity index (χ2v) is 6.69. The van der Waals surface area contributed by atoms with Gasteiger partial charge >= 0.3 is 0 Å². The first-order chi connectivity index (χ1) is 8.66. The van der Waals surface area contributed by atoms with Gasteiger partial charge in [0, 0.05) is 16.8 Å². The highest BCUT2D eigenvalue weighted by molar-refractivity contribution is 7.96. The summed E-state index contributed by atoms with van der Waals surface area (Å²) in [7, 11) is 0.268. The maximum Gasteiger partial charge on any atom is 0.154 e. The Labute approximate surface area is 112 Å². The van der Waals surface area contributed by atoms with Crippen LogP contribution in [0.5, 0.6) is 5.75 Å². The van der Waals surface area contributed by atoms with Crippen LogP contribution in [-0.4, -0.2) is 17.1 Å².